The van der Waals surface area contributed by atoms with Gasteiger partial charge in [0, 0.05) is 30.9 Å². The molecular weight excluding hydrogens is 350 g/mol. The summed E-state index contributed by atoms with van der Waals surface area (Å²) < 4.78 is 0. The van der Waals surface area contributed by atoms with E-state index in [1.54, 1.807) is 12.1 Å². The number of carbonyl (C=O) groups excluding carboxylic acids is 2. The van der Waals surface area contributed by atoms with Crippen molar-refractivity contribution in [3.8, 4) is 0 Å². The first kappa shape index (κ1) is 18.2. The van der Waals surface area contributed by atoms with Gasteiger partial charge in [-0.1, -0.05) is 42.5 Å². The Morgan fingerprint density at radius 2 is 1.85 bits per heavy atom. The SMILES string of the molecule is O=C([O-])CCC(=O)N1N=C(c2ccccc2)C[C@@H]1c1cccc([N+](=O)[O-])c1. The van der Waals surface area contributed by atoms with E-state index in [1.165, 1.54) is 17.1 Å². The number of non-ortho nitro benzene ring substituents is 1. The monoisotopic (exact) mass is 366 g/mol. The maximum atomic E-state index is 12.5. The molecule has 138 valence electrons. The van der Waals surface area contributed by atoms with Crippen LogP contribution < -0.4 is 5.11 Å². The lowest BCUT2D eigenvalue weighted by molar-refractivity contribution is -0.385. The van der Waals surface area contributed by atoms with Crippen LogP contribution in [0.3, 0.4) is 0 Å². The number of carboxylic acid groups (broad SMARTS) is 1. The molecule has 0 radical (unpaired) electrons. The number of nitrogens with zero attached hydrogens (tertiary/aromatic N) is 3. The molecule has 0 fully saturated rings. The number of aliphatic carboxylic acids is 1. The molecule has 1 aliphatic heterocycles. The molecule has 1 atom stereocenters. The lowest BCUT2D eigenvalue weighted by atomic mass is 9.98. The minimum atomic E-state index is -1.32. The Balaban J connectivity index is 1.93. The van der Waals surface area contributed by atoms with Crippen molar-refractivity contribution >= 4 is 23.3 Å². The van der Waals surface area contributed by atoms with Gasteiger partial charge in [-0.3, -0.25) is 14.9 Å². The van der Waals surface area contributed by atoms with Crippen LogP contribution in [0.25, 0.3) is 0 Å². The number of amides is 1. The van der Waals surface area contributed by atoms with Gasteiger partial charge < -0.3 is 9.90 Å². The van der Waals surface area contributed by atoms with Crippen LogP contribution in [0, 0.1) is 10.1 Å². The Morgan fingerprint density at radius 1 is 1.11 bits per heavy atom. The zero-order chi connectivity index (χ0) is 19.4. The molecule has 0 unspecified atom stereocenters. The highest BCUT2D eigenvalue weighted by Crippen LogP contribution is 2.34. The predicted octanol–water partition coefficient (Wildman–Crippen LogP) is 1.80. The maximum Gasteiger partial charge on any atom is 0.269 e. The van der Waals surface area contributed by atoms with Gasteiger partial charge in [0.25, 0.3) is 5.69 Å². The fraction of sp³-hybridized carbons (Fsp3) is 0.211. The molecule has 8 heteroatoms. The summed E-state index contributed by atoms with van der Waals surface area (Å²) in [4.78, 5) is 33.8. The molecule has 0 saturated carbocycles. The normalized spacial score (nSPS) is 16.1. The Kier molecular flexibility index (Phi) is 5.25. The third kappa shape index (κ3) is 4.17. The fourth-order valence-corrected chi connectivity index (χ4v) is 2.97. The van der Waals surface area contributed by atoms with E-state index in [0.29, 0.717) is 17.7 Å². The summed E-state index contributed by atoms with van der Waals surface area (Å²) >= 11 is 0. The van der Waals surface area contributed by atoms with Gasteiger partial charge in [0.1, 0.15) is 0 Å². The van der Waals surface area contributed by atoms with E-state index < -0.39 is 29.3 Å². The average Bonchev–Trinajstić information content (AvgIpc) is 3.12. The van der Waals surface area contributed by atoms with Crippen molar-refractivity contribution in [2.45, 2.75) is 25.3 Å². The Labute approximate surface area is 154 Å². The summed E-state index contributed by atoms with van der Waals surface area (Å²) in [5.74, 6) is -1.79. The van der Waals surface area contributed by atoms with Crippen LogP contribution in [-0.4, -0.2) is 27.5 Å². The molecule has 0 N–H and O–H groups in total. The van der Waals surface area contributed by atoms with Crippen LogP contribution in [0.5, 0.6) is 0 Å². The van der Waals surface area contributed by atoms with E-state index in [-0.39, 0.29) is 12.1 Å². The molecule has 0 bridgehead atoms. The van der Waals surface area contributed by atoms with Crippen molar-refractivity contribution in [3.63, 3.8) is 0 Å². The second-order valence-corrected chi connectivity index (χ2v) is 6.10. The van der Waals surface area contributed by atoms with Crippen LogP contribution in [0.1, 0.15) is 36.4 Å². The lowest BCUT2D eigenvalue weighted by Gasteiger charge is -2.22. The number of hydrogen-bond donors (Lipinski definition) is 0. The van der Waals surface area contributed by atoms with Crippen LogP contribution in [0.15, 0.2) is 59.7 Å². The Morgan fingerprint density at radius 3 is 2.52 bits per heavy atom. The molecule has 2 aromatic carbocycles. The van der Waals surface area contributed by atoms with Gasteiger partial charge in [0.15, 0.2) is 0 Å². The summed E-state index contributed by atoms with van der Waals surface area (Å²) in [5.41, 5.74) is 1.99. The van der Waals surface area contributed by atoms with Gasteiger partial charge in [0.2, 0.25) is 5.91 Å². The fourth-order valence-electron chi connectivity index (χ4n) is 2.97. The number of hydrazone groups is 1. The molecule has 3 rings (SSSR count). The number of carbonyl (C=O) groups is 2. The number of carboxylic acids is 1. The van der Waals surface area contributed by atoms with Gasteiger partial charge in [-0.15, -0.1) is 0 Å². The zero-order valence-electron chi connectivity index (χ0n) is 14.3. The number of nitro groups is 1. The molecule has 1 amide bonds. The Hall–Kier alpha value is -3.55. The van der Waals surface area contributed by atoms with E-state index in [4.69, 9.17) is 0 Å². The first-order valence-electron chi connectivity index (χ1n) is 8.35. The molecule has 0 spiro atoms. The van der Waals surface area contributed by atoms with E-state index in [1.807, 2.05) is 30.3 Å². The molecule has 2 aromatic rings. The smallest absolute Gasteiger partial charge is 0.269 e. The van der Waals surface area contributed by atoms with Crippen molar-refractivity contribution in [1.82, 2.24) is 5.01 Å². The zero-order valence-corrected chi connectivity index (χ0v) is 14.3. The van der Waals surface area contributed by atoms with E-state index in [0.717, 1.165) is 5.56 Å². The van der Waals surface area contributed by atoms with Gasteiger partial charge in [-0.25, -0.2) is 5.01 Å². The van der Waals surface area contributed by atoms with E-state index in [9.17, 15) is 24.8 Å². The minimum Gasteiger partial charge on any atom is -0.550 e. The van der Waals surface area contributed by atoms with Crippen LogP contribution in [0.4, 0.5) is 5.69 Å². The lowest BCUT2D eigenvalue weighted by Crippen LogP contribution is -2.29. The average molecular weight is 366 g/mol. The molecule has 8 nitrogen and oxygen atoms in total. The maximum absolute atomic E-state index is 12.5. The van der Waals surface area contributed by atoms with Crippen molar-refractivity contribution in [1.29, 1.82) is 0 Å². The minimum absolute atomic E-state index is 0.0807. The summed E-state index contributed by atoms with van der Waals surface area (Å²) in [5, 5.41) is 27.4. The summed E-state index contributed by atoms with van der Waals surface area (Å²) in [6.45, 7) is 0. The first-order valence-corrected chi connectivity index (χ1v) is 8.35. The molecule has 0 aliphatic carbocycles. The summed E-state index contributed by atoms with van der Waals surface area (Å²) in [6, 6.07) is 14.8. The highest BCUT2D eigenvalue weighted by molar-refractivity contribution is 6.03. The molecule has 1 aliphatic rings. The standard InChI is InChI=1S/C19H17N3O5/c23-18(9-10-19(24)25)21-17(14-7-4-8-15(11-14)22(26)27)12-16(20-21)13-5-2-1-3-6-13/h1-8,11,17H,9-10,12H2,(H,24,25)/p-1/t17-/m1/s1. The second kappa shape index (κ2) is 7.77. The molecule has 0 aromatic heterocycles. The summed E-state index contributed by atoms with van der Waals surface area (Å²) in [7, 11) is 0. The van der Waals surface area contributed by atoms with Crippen molar-refractivity contribution in [3.05, 3.63) is 75.8 Å². The van der Waals surface area contributed by atoms with Crippen molar-refractivity contribution in [2.75, 3.05) is 0 Å². The van der Waals surface area contributed by atoms with Gasteiger partial charge in [0.05, 0.1) is 16.7 Å². The predicted molar refractivity (Wildman–Crippen MR) is 94.5 cm³/mol. The van der Waals surface area contributed by atoms with Gasteiger partial charge in [-0.2, -0.15) is 5.10 Å². The highest BCUT2D eigenvalue weighted by atomic mass is 16.6. The topological polar surface area (TPSA) is 116 Å². The first-order chi connectivity index (χ1) is 13.0. The second-order valence-electron chi connectivity index (χ2n) is 6.10. The molecule has 0 saturated heterocycles. The quantitative estimate of drug-likeness (QED) is 0.571. The van der Waals surface area contributed by atoms with Crippen molar-refractivity contribution < 1.29 is 19.6 Å². The van der Waals surface area contributed by atoms with Crippen LogP contribution in [0.2, 0.25) is 0 Å². The number of hydrogen-bond acceptors (Lipinski definition) is 6. The third-order valence-corrected chi connectivity index (χ3v) is 4.28. The van der Waals surface area contributed by atoms with E-state index >= 15 is 0 Å². The van der Waals surface area contributed by atoms with Crippen LogP contribution in [-0.2, 0) is 9.59 Å². The van der Waals surface area contributed by atoms with Gasteiger partial charge >= 0.3 is 0 Å². The molecular formula is C19H16N3O5-. The molecule has 1 heterocycles. The van der Waals surface area contributed by atoms with Crippen molar-refractivity contribution in [2.24, 2.45) is 5.10 Å². The Bertz CT molecular complexity index is 911. The third-order valence-electron chi connectivity index (χ3n) is 4.28. The van der Waals surface area contributed by atoms with E-state index in [2.05, 4.69) is 5.10 Å². The largest absolute Gasteiger partial charge is 0.550 e. The highest BCUT2D eigenvalue weighted by Gasteiger charge is 2.33. The molecule has 27 heavy (non-hydrogen) atoms. The summed E-state index contributed by atoms with van der Waals surface area (Å²) in [6.07, 6.45) is -0.283. The van der Waals surface area contributed by atoms with Crippen LogP contribution >= 0.6 is 0 Å². The number of rotatable bonds is 6. The number of nitro benzene ring substituents is 1. The van der Waals surface area contributed by atoms with Gasteiger partial charge in [-0.05, 0) is 17.5 Å². The number of benzene rings is 2.